The van der Waals surface area contributed by atoms with Gasteiger partial charge in [0.15, 0.2) is 5.58 Å². The number of hydrogen-bond donors (Lipinski definition) is 1. The summed E-state index contributed by atoms with van der Waals surface area (Å²) in [6.45, 7) is 0. The molecule has 0 fully saturated rings. The van der Waals surface area contributed by atoms with Gasteiger partial charge >= 0.3 is 0 Å². The average Bonchev–Trinajstić information content (AvgIpc) is 3.34. The maximum absolute atomic E-state index is 12.9. The van der Waals surface area contributed by atoms with Gasteiger partial charge in [-0.1, -0.05) is 40.9 Å². The summed E-state index contributed by atoms with van der Waals surface area (Å²) in [5.41, 5.74) is 2.47. The zero-order valence-corrected chi connectivity index (χ0v) is 19.5. The molecule has 1 N–H and O–H groups in total. The van der Waals surface area contributed by atoms with E-state index in [1.165, 1.54) is 11.3 Å². The second kappa shape index (κ2) is 8.30. The first-order chi connectivity index (χ1) is 15.4. The van der Waals surface area contributed by atoms with E-state index in [4.69, 9.17) is 44.0 Å². The minimum absolute atomic E-state index is 0.308. The molecule has 0 atom stereocenters. The Balaban J connectivity index is 1.43. The summed E-state index contributed by atoms with van der Waals surface area (Å²) in [6, 6.07) is 15.9. The highest BCUT2D eigenvalue weighted by Crippen LogP contribution is 2.37. The molecular formula is C23H13Cl3N2O3S. The number of benzene rings is 3. The number of oxazole rings is 1. The van der Waals surface area contributed by atoms with Gasteiger partial charge in [0.05, 0.1) is 17.2 Å². The number of carbonyl (C=O) groups is 1. The molecule has 0 unspecified atom stereocenters. The van der Waals surface area contributed by atoms with Gasteiger partial charge in [0.1, 0.15) is 16.1 Å². The Morgan fingerprint density at radius 1 is 1.06 bits per heavy atom. The standard InChI is InChI=1S/C23H13Cl3N2O3S/c1-30-17-6-2-11(8-15(17)25)23-28-16-10-13(4-7-18(16)31-23)27-22(29)21-20(26)14-5-3-12(24)9-19(14)32-21/h2-10H,1H3,(H,27,29). The predicted octanol–water partition coefficient (Wildman–Crippen LogP) is 7.93. The van der Waals surface area contributed by atoms with Crippen molar-refractivity contribution in [2.75, 3.05) is 12.4 Å². The van der Waals surface area contributed by atoms with Crippen molar-refractivity contribution < 1.29 is 13.9 Å². The van der Waals surface area contributed by atoms with Crippen LogP contribution in [-0.2, 0) is 0 Å². The van der Waals surface area contributed by atoms with Crippen LogP contribution < -0.4 is 10.1 Å². The molecule has 0 saturated heterocycles. The number of amides is 1. The van der Waals surface area contributed by atoms with E-state index in [1.807, 2.05) is 12.1 Å². The molecule has 5 aromatic rings. The lowest BCUT2D eigenvalue weighted by Gasteiger charge is -2.03. The summed E-state index contributed by atoms with van der Waals surface area (Å²) in [6.07, 6.45) is 0. The van der Waals surface area contributed by atoms with Crippen LogP contribution in [0.4, 0.5) is 5.69 Å². The van der Waals surface area contributed by atoms with Gasteiger partial charge in [0.25, 0.3) is 5.91 Å². The molecule has 9 heteroatoms. The number of carbonyl (C=O) groups excluding carboxylic acids is 1. The van der Waals surface area contributed by atoms with Crippen LogP contribution in [0.3, 0.4) is 0 Å². The highest BCUT2D eigenvalue weighted by Gasteiger charge is 2.18. The summed E-state index contributed by atoms with van der Waals surface area (Å²) in [4.78, 5) is 17.8. The number of halogens is 3. The van der Waals surface area contributed by atoms with E-state index >= 15 is 0 Å². The van der Waals surface area contributed by atoms with Crippen LogP contribution in [0.25, 0.3) is 32.6 Å². The Hall–Kier alpha value is -2.77. The van der Waals surface area contributed by atoms with Gasteiger partial charge in [-0.05, 0) is 48.5 Å². The number of methoxy groups -OCH3 is 1. The molecule has 2 heterocycles. The van der Waals surface area contributed by atoms with Crippen LogP contribution in [0.2, 0.25) is 15.1 Å². The smallest absolute Gasteiger partial charge is 0.267 e. The number of ether oxygens (including phenoxy) is 1. The van der Waals surface area contributed by atoms with Crippen molar-refractivity contribution in [2.24, 2.45) is 0 Å². The molecule has 1 amide bonds. The van der Waals surface area contributed by atoms with Crippen molar-refractivity contribution in [1.82, 2.24) is 4.98 Å². The first-order valence-corrected chi connectivity index (χ1v) is 11.3. The zero-order valence-electron chi connectivity index (χ0n) is 16.4. The average molecular weight is 504 g/mol. The molecule has 0 bridgehead atoms. The molecular weight excluding hydrogens is 491 g/mol. The van der Waals surface area contributed by atoms with Gasteiger partial charge in [-0.2, -0.15) is 0 Å². The van der Waals surface area contributed by atoms with Crippen LogP contribution >= 0.6 is 46.1 Å². The number of nitrogens with zero attached hydrogens (tertiary/aromatic N) is 1. The summed E-state index contributed by atoms with van der Waals surface area (Å²) in [5, 5.41) is 5.12. The lowest BCUT2D eigenvalue weighted by molar-refractivity contribution is 0.103. The molecule has 32 heavy (non-hydrogen) atoms. The summed E-state index contributed by atoms with van der Waals surface area (Å²) in [7, 11) is 1.55. The lowest BCUT2D eigenvalue weighted by Crippen LogP contribution is -2.10. The Labute approximate surface area is 201 Å². The first-order valence-electron chi connectivity index (χ1n) is 9.36. The van der Waals surface area contributed by atoms with Gasteiger partial charge < -0.3 is 14.5 Å². The van der Waals surface area contributed by atoms with Crippen molar-refractivity contribution in [2.45, 2.75) is 0 Å². The maximum atomic E-state index is 12.9. The van der Waals surface area contributed by atoms with Crippen LogP contribution in [0.1, 0.15) is 9.67 Å². The van der Waals surface area contributed by atoms with Crippen molar-refractivity contribution in [1.29, 1.82) is 0 Å². The molecule has 0 aliphatic heterocycles. The van der Waals surface area contributed by atoms with Crippen LogP contribution in [0.5, 0.6) is 5.75 Å². The molecule has 2 aromatic heterocycles. The Bertz CT molecular complexity index is 1510. The minimum atomic E-state index is -0.308. The summed E-state index contributed by atoms with van der Waals surface area (Å²) >= 11 is 20.0. The second-order valence-corrected chi connectivity index (χ2v) is 9.16. The minimum Gasteiger partial charge on any atom is -0.495 e. The highest BCUT2D eigenvalue weighted by atomic mass is 35.5. The fraction of sp³-hybridized carbons (Fsp3) is 0.0435. The van der Waals surface area contributed by atoms with Gasteiger partial charge in [-0.3, -0.25) is 4.79 Å². The second-order valence-electron chi connectivity index (χ2n) is 6.89. The largest absolute Gasteiger partial charge is 0.495 e. The van der Waals surface area contributed by atoms with E-state index in [0.717, 1.165) is 10.1 Å². The third kappa shape index (κ3) is 3.80. The number of thiophene rings is 1. The number of rotatable bonds is 4. The van der Waals surface area contributed by atoms with Gasteiger partial charge in [-0.25, -0.2) is 4.98 Å². The van der Waals surface area contributed by atoms with Crippen LogP contribution in [0, 0.1) is 0 Å². The normalized spacial score (nSPS) is 11.2. The third-order valence-electron chi connectivity index (χ3n) is 4.84. The Morgan fingerprint density at radius 3 is 2.69 bits per heavy atom. The van der Waals surface area contributed by atoms with Gasteiger partial charge in [0, 0.05) is 26.4 Å². The quantitative estimate of drug-likeness (QED) is 0.270. The van der Waals surface area contributed by atoms with E-state index < -0.39 is 0 Å². The third-order valence-corrected chi connectivity index (χ3v) is 7.03. The number of nitrogens with one attached hydrogen (secondary N) is 1. The van der Waals surface area contributed by atoms with E-state index in [0.29, 0.717) is 53.9 Å². The fourth-order valence-electron chi connectivity index (χ4n) is 3.30. The monoisotopic (exact) mass is 502 g/mol. The molecule has 0 aliphatic carbocycles. The van der Waals surface area contributed by atoms with E-state index in [2.05, 4.69) is 10.3 Å². The highest BCUT2D eigenvalue weighted by molar-refractivity contribution is 7.21. The molecule has 0 saturated carbocycles. The number of anilines is 1. The molecule has 5 rings (SSSR count). The maximum Gasteiger partial charge on any atom is 0.267 e. The predicted molar refractivity (Wildman–Crippen MR) is 131 cm³/mol. The van der Waals surface area contributed by atoms with Crippen LogP contribution in [0.15, 0.2) is 59.0 Å². The summed E-state index contributed by atoms with van der Waals surface area (Å²) < 4.78 is 11.9. The van der Waals surface area contributed by atoms with Crippen LogP contribution in [-0.4, -0.2) is 18.0 Å². The van der Waals surface area contributed by atoms with Crippen molar-refractivity contribution in [3.63, 3.8) is 0 Å². The van der Waals surface area contributed by atoms with Gasteiger partial charge in [-0.15, -0.1) is 11.3 Å². The first kappa shape index (κ1) is 21.1. The molecule has 160 valence electrons. The van der Waals surface area contributed by atoms with Crippen molar-refractivity contribution in [3.05, 3.63) is 74.5 Å². The van der Waals surface area contributed by atoms with Crippen molar-refractivity contribution >= 4 is 78.9 Å². The molecule has 0 spiro atoms. The van der Waals surface area contributed by atoms with Crippen molar-refractivity contribution in [3.8, 4) is 17.2 Å². The zero-order chi connectivity index (χ0) is 22.4. The number of fused-ring (bicyclic) bond motifs is 2. The van der Waals surface area contributed by atoms with E-state index in [9.17, 15) is 4.79 Å². The topological polar surface area (TPSA) is 64.4 Å². The molecule has 0 aliphatic rings. The molecule has 0 radical (unpaired) electrons. The lowest BCUT2D eigenvalue weighted by atomic mass is 10.2. The molecule has 5 nitrogen and oxygen atoms in total. The van der Waals surface area contributed by atoms with E-state index in [-0.39, 0.29) is 5.91 Å². The summed E-state index contributed by atoms with van der Waals surface area (Å²) in [5.74, 6) is 0.675. The van der Waals surface area contributed by atoms with Gasteiger partial charge in [0.2, 0.25) is 5.89 Å². The number of hydrogen-bond acceptors (Lipinski definition) is 5. The SMILES string of the molecule is COc1ccc(-c2nc3cc(NC(=O)c4sc5cc(Cl)ccc5c4Cl)ccc3o2)cc1Cl. The Kier molecular flexibility index (Phi) is 5.47. The molecule has 3 aromatic carbocycles. The fourth-order valence-corrected chi connectivity index (χ4v) is 5.25. The van der Waals surface area contributed by atoms with E-state index in [1.54, 1.807) is 49.6 Å². The Morgan fingerprint density at radius 2 is 1.91 bits per heavy atom. The number of aromatic nitrogens is 1.